The number of hydrogen-bond donors (Lipinski definition) is 0. The Balaban J connectivity index is 0.000000980. The molecule has 2 aromatic rings. The Labute approximate surface area is 93.0 Å². The lowest BCUT2D eigenvalue weighted by atomic mass is 10.1. The summed E-state index contributed by atoms with van der Waals surface area (Å²) in [4.78, 5) is 4.23. The van der Waals surface area contributed by atoms with E-state index in [9.17, 15) is 0 Å². The molecule has 2 rings (SSSR count). The van der Waals surface area contributed by atoms with Gasteiger partial charge in [-0.25, -0.2) is 4.98 Å². The van der Waals surface area contributed by atoms with Crippen LogP contribution in [0.15, 0.2) is 35.2 Å². The molecule has 1 aromatic heterocycles. The standard InChI is InChI=1S/C10H9NOS.ClH/c1-12-10-5-3-2-4-8(10)9-6-13-7-11-9;/h2-7H,1H3;1H. The first kappa shape index (κ1) is 11.0. The van der Waals surface area contributed by atoms with Gasteiger partial charge in [0.1, 0.15) is 5.75 Å². The summed E-state index contributed by atoms with van der Waals surface area (Å²) in [7, 11) is 1.67. The van der Waals surface area contributed by atoms with E-state index in [2.05, 4.69) is 4.98 Å². The maximum Gasteiger partial charge on any atom is 0.128 e. The van der Waals surface area contributed by atoms with Gasteiger partial charge in [0.25, 0.3) is 0 Å². The quantitative estimate of drug-likeness (QED) is 0.786. The summed E-state index contributed by atoms with van der Waals surface area (Å²) < 4.78 is 5.23. The van der Waals surface area contributed by atoms with Gasteiger partial charge in [-0.2, -0.15) is 0 Å². The van der Waals surface area contributed by atoms with Crippen LogP contribution in [0.25, 0.3) is 11.3 Å². The molecule has 0 bridgehead atoms. The summed E-state index contributed by atoms with van der Waals surface area (Å²) in [5, 5.41) is 2.01. The zero-order valence-corrected chi connectivity index (χ0v) is 9.27. The van der Waals surface area contributed by atoms with Crippen LogP contribution in [0.5, 0.6) is 5.75 Å². The number of nitrogens with zero attached hydrogens (tertiary/aromatic N) is 1. The highest BCUT2D eigenvalue weighted by Crippen LogP contribution is 2.28. The Morgan fingerprint density at radius 2 is 2.07 bits per heavy atom. The Morgan fingerprint density at radius 3 is 2.71 bits per heavy atom. The van der Waals surface area contributed by atoms with E-state index >= 15 is 0 Å². The minimum atomic E-state index is 0. The van der Waals surface area contributed by atoms with Gasteiger partial charge in [0.05, 0.1) is 18.3 Å². The highest BCUT2D eigenvalue weighted by atomic mass is 35.5. The summed E-state index contributed by atoms with van der Waals surface area (Å²) in [6, 6.07) is 7.88. The smallest absolute Gasteiger partial charge is 0.128 e. The fourth-order valence-electron chi connectivity index (χ4n) is 1.20. The van der Waals surface area contributed by atoms with Crippen LogP contribution in [0.2, 0.25) is 0 Å². The fraction of sp³-hybridized carbons (Fsp3) is 0.100. The van der Waals surface area contributed by atoms with Crippen molar-refractivity contribution in [2.45, 2.75) is 0 Å². The molecule has 1 heterocycles. The number of benzene rings is 1. The number of ether oxygens (including phenoxy) is 1. The SMILES string of the molecule is COc1ccccc1-c1cscn1.Cl. The predicted octanol–water partition coefficient (Wildman–Crippen LogP) is 3.24. The van der Waals surface area contributed by atoms with Crippen LogP contribution in [0.4, 0.5) is 0 Å². The lowest BCUT2D eigenvalue weighted by molar-refractivity contribution is 0.416. The number of halogens is 1. The second-order valence-corrected chi connectivity index (χ2v) is 3.29. The molecular formula is C10H10ClNOS. The lowest BCUT2D eigenvalue weighted by Crippen LogP contribution is -1.86. The summed E-state index contributed by atoms with van der Waals surface area (Å²) in [6.45, 7) is 0. The predicted molar refractivity (Wildman–Crippen MR) is 61.4 cm³/mol. The molecule has 0 N–H and O–H groups in total. The van der Waals surface area contributed by atoms with Crippen molar-refractivity contribution in [3.05, 3.63) is 35.2 Å². The van der Waals surface area contributed by atoms with Crippen LogP contribution in [0.1, 0.15) is 0 Å². The maximum atomic E-state index is 5.23. The molecule has 4 heteroatoms. The molecule has 2 nitrogen and oxygen atoms in total. The van der Waals surface area contributed by atoms with Gasteiger partial charge in [0.2, 0.25) is 0 Å². The fourth-order valence-corrected chi connectivity index (χ4v) is 1.75. The minimum absolute atomic E-state index is 0. The summed E-state index contributed by atoms with van der Waals surface area (Å²) in [6.07, 6.45) is 0. The molecule has 0 fully saturated rings. The highest BCUT2D eigenvalue weighted by molar-refractivity contribution is 7.07. The lowest BCUT2D eigenvalue weighted by Gasteiger charge is -2.04. The Morgan fingerprint density at radius 1 is 1.29 bits per heavy atom. The molecule has 0 radical (unpaired) electrons. The molecule has 0 saturated heterocycles. The summed E-state index contributed by atoms with van der Waals surface area (Å²) in [5.41, 5.74) is 3.84. The molecule has 1 aromatic carbocycles. The number of methoxy groups -OCH3 is 1. The first-order chi connectivity index (χ1) is 6.42. The van der Waals surface area contributed by atoms with Crippen molar-refractivity contribution in [2.75, 3.05) is 7.11 Å². The molecule has 74 valence electrons. The van der Waals surface area contributed by atoms with Crippen LogP contribution in [-0.2, 0) is 0 Å². The summed E-state index contributed by atoms with van der Waals surface area (Å²) >= 11 is 1.59. The third kappa shape index (κ3) is 2.05. The van der Waals surface area contributed by atoms with Crippen LogP contribution in [-0.4, -0.2) is 12.1 Å². The first-order valence-corrected chi connectivity index (χ1v) is 4.87. The van der Waals surface area contributed by atoms with Crippen LogP contribution >= 0.6 is 23.7 Å². The zero-order chi connectivity index (χ0) is 9.10. The van der Waals surface area contributed by atoms with Gasteiger partial charge >= 0.3 is 0 Å². The number of aromatic nitrogens is 1. The van der Waals surface area contributed by atoms with E-state index in [1.54, 1.807) is 18.4 Å². The molecule has 0 saturated carbocycles. The third-order valence-corrected chi connectivity index (χ3v) is 2.40. The van der Waals surface area contributed by atoms with Crippen molar-refractivity contribution in [2.24, 2.45) is 0 Å². The topological polar surface area (TPSA) is 22.1 Å². The number of rotatable bonds is 2. The van der Waals surface area contributed by atoms with Gasteiger partial charge in [0, 0.05) is 10.9 Å². The van der Waals surface area contributed by atoms with Crippen molar-refractivity contribution in [3.63, 3.8) is 0 Å². The zero-order valence-electron chi connectivity index (χ0n) is 7.64. The van der Waals surface area contributed by atoms with E-state index in [1.165, 1.54) is 0 Å². The van der Waals surface area contributed by atoms with E-state index in [0.29, 0.717) is 0 Å². The van der Waals surface area contributed by atoms with E-state index in [0.717, 1.165) is 17.0 Å². The molecule has 0 aliphatic rings. The van der Waals surface area contributed by atoms with Crippen LogP contribution < -0.4 is 4.74 Å². The maximum absolute atomic E-state index is 5.23. The second-order valence-electron chi connectivity index (χ2n) is 2.57. The van der Waals surface area contributed by atoms with Crippen molar-refractivity contribution in [1.82, 2.24) is 4.98 Å². The molecule has 0 amide bonds. The Hall–Kier alpha value is -1.06. The van der Waals surface area contributed by atoms with Gasteiger partial charge in [-0.15, -0.1) is 23.7 Å². The normalized spacial score (nSPS) is 9.21. The van der Waals surface area contributed by atoms with Gasteiger partial charge in [-0.3, -0.25) is 0 Å². The molecular weight excluding hydrogens is 218 g/mol. The van der Waals surface area contributed by atoms with E-state index < -0.39 is 0 Å². The van der Waals surface area contributed by atoms with Gasteiger partial charge in [-0.1, -0.05) is 12.1 Å². The van der Waals surface area contributed by atoms with Crippen LogP contribution in [0, 0.1) is 0 Å². The Bertz CT molecular complexity index is 389. The summed E-state index contributed by atoms with van der Waals surface area (Å²) in [5.74, 6) is 0.869. The van der Waals surface area contributed by atoms with Crippen molar-refractivity contribution < 1.29 is 4.74 Å². The number of para-hydroxylation sites is 1. The molecule has 0 atom stereocenters. The highest BCUT2D eigenvalue weighted by Gasteiger charge is 2.04. The minimum Gasteiger partial charge on any atom is -0.496 e. The van der Waals surface area contributed by atoms with Gasteiger partial charge in [0.15, 0.2) is 0 Å². The largest absolute Gasteiger partial charge is 0.496 e. The number of thiazole rings is 1. The number of hydrogen-bond acceptors (Lipinski definition) is 3. The van der Waals surface area contributed by atoms with E-state index in [4.69, 9.17) is 4.74 Å². The second kappa shape index (κ2) is 4.98. The molecule has 0 spiro atoms. The van der Waals surface area contributed by atoms with Crippen molar-refractivity contribution >= 4 is 23.7 Å². The Kier molecular flexibility index (Phi) is 3.92. The average Bonchev–Trinajstić information content (AvgIpc) is 2.70. The molecule has 14 heavy (non-hydrogen) atoms. The first-order valence-electron chi connectivity index (χ1n) is 3.93. The molecule has 0 aliphatic heterocycles. The monoisotopic (exact) mass is 227 g/mol. The average molecular weight is 228 g/mol. The van der Waals surface area contributed by atoms with Crippen LogP contribution in [0.3, 0.4) is 0 Å². The van der Waals surface area contributed by atoms with E-state index in [1.807, 2.05) is 35.2 Å². The van der Waals surface area contributed by atoms with Crippen molar-refractivity contribution in [1.29, 1.82) is 0 Å². The molecule has 0 unspecified atom stereocenters. The third-order valence-electron chi connectivity index (χ3n) is 1.82. The molecule has 0 aliphatic carbocycles. The van der Waals surface area contributed by atoms with Gasteiger partial charge < -0.3 is 4.74 Å². The van der Waals surface area contributed by atoms with Crippen molar-refractivity contribution in [3.8, 4) is 17.0 Å². The van der Waals surface area contributed by atoms with E-state index in [-0.39, 0.29) is 12.4 Å². The van der Waals surface area contributed by atoms with Gasteiger partial charge in [-0.05, 0) is 12.1 Å².